The third-order valence-electron chi connectivity index (χ3n) is 4.20. The number of amides is 1. The van der Waals surface area contributed by atoms with Gasteiger partial charge in [-0.25, -0.2) is 4.68 Å². The summed E-state index contributed by atoms with van der Waals surface area (Å²) in [6, 6.07) is 11.7. The first-order valence-corrected chi connectivity index (χ1v) is 9.25. The second-order valence-electron chi connectivity index (χ2n) is 6.44. The molecule has 0 aliphatic rings. The Morgan fingerprint density at radius 3 is 2.54 bits per heavy atom. The number of carbonyl (C=O) groups excluding carboxylic acids is 2. The van der Waals surface area contributed by atoms with Crippen LogP contribution in [0.1, 0.15) is 44.7 Å². The van der Waals surface area contributed by atoms with Gasteiger partial charge in [0.2, 0.25) is 0 Å². The monoisotopic (exact) mass is 387 g/mol. The number of aryl methyl sites for hydroxylation is 1. The maximum atomic E-state index is 12.4. The summed E-state index contributed by atoms with van der Waals surface area (Å²) in [7, 11) is 0. The van der Waals surface area contributed by atoms with Crippen LogP contribution in [0.15, 0.2) is 52.1 Å². The lowest BCUT2D eigenvalue weighted by Crippen LogP contribution is -2.38. The average Bonchev–Trinajstić information content (AvgIpc) is 2.68. The van der Waals surface area contributed by atoms with Gasteiger partial charge in [-0.2, -0.15) is 0 Å². The molecule has 0 bridgehead atoms. The van der Waals surface area contributed by atoms with Gasteiger partial charge in [0, 0.05) is 12.1 Å². The van der Waals surface area contributed by atoms with Gasteiger partial charge in [0.1, 0.15) is 0 Å². The van der Waals surface area contributed by atoms with E-state index in [1.807, 2.05) is 37.3 Å². The second-order valence-corrected chi connectivity index (χ2v) is 6.44. The Bertz CT molecular complexity index is 904. The van der Waals surface area contributed by atoms with Crippen LogP contribution in [0.25, 0.3) is 0 Å². The zero-order chi connectivity index (χ0) is 20.5. The number of ether oxygens (including phenoxy) is 1. The minimum atomic E-state index is -0.970. The molecule has 0 aliphatic heterocycles. The summed E-state index contributed by atoms with van der Waals surface area (Å²) >= 11 is 0. The number of carbonyl (C=O) groups is 2. The standard InChI is InChI=1S/C20H25N3O5/c1-3-7-16(15-8-5-4-6-9-15)21-20(27)14(2)28-19(26)12-13-23-18(25)11-10-17(24)22-23/h4-6,8-11,14,16H,3,7,12-13H2,1-2H3,(H,21,27)(H,22,24)/t14-,16-/m1/s1. The number of hydrogen-bond acceptors (Lipinski definition) is 5. The summed E-state index contributed by atoms with van der Waals surface area (Å²) in [4.78, 5) is 47.3. The predicted molar refractivity (Wildman–Crippen MR) is 104 cm³/mol. The molecule has 8 nitrogen and oxygen atoms in total. The Labute approximate surface area is 162 Å². The van der Waals surface area contributed by atoms with Crippen molar-refractivity contribution in [1.82, 2.24) is 15.1 Å². The number of hydrogen-bond donors (Lipinski definition) is 2. The van der Waals surface area contributed by atoms with E-state index in [1.165, 1.54) is 6.92 Å². The van der Waals surface area contributed by atoms with E-state index in [0.29, 0.717) is 0 Å². The highest BCUT2D eigenvalue weighted by molar-refractivity contribution is 5.83. The number of aromatic nitrogens is 2. The number of H-pyrrole nitrogens is 1. The van der Waals surface area contributed by atoms with Crippen molar-refractivity contribution in [2.24, 2.45) is 0 Å². The van der Waals surface area contributed by atoms with Crippen molar-refractivity contribution < 1.29 is 14.3 Å². The minimum Gasteiger partial charge on any atom is -0.452 e. The van der Waals surface area contributed by atoms with Crippen LogP contribution in [0, 0.1) is 0 Å². The molecule has 28 heavy (non-hydrogen) atoms. The number of nitrogens with zero attached hydrogens (tertiary/aromatic N) is 1. The van der Waals surface area contributed by atoms with E-state index in [0.717, 1.165) is 35.2 Å². The van der Waals surface area contributed by atoms with E-state index < -0.39 is 23.2 Å². The van der Waals surface area contributed by atoms with Crippen LogP contribution in [0.2, 0.25) is 0 Å². The first-order chi connectivity index (χ1) is 13.4. The van der Waals surface area contributed by atoms with E-state index in [-0.39, 0.29) is 24.9 Å². The van der Waals surface area contributed by atoms with Gasteiger partial charge in [-0.1, -0.05) is 43.7 Å². The van der Waals surface area contributed by atoms with Crippen LogP contribution in [-0.4, -0.2) is 27.8 Å². The third kappa shape index (κ3) is 6.22. The molecule has 1 heterocycles. The molecule has 0 saturated carbocycles. The molecule has 8 heteroatoms. The van der Waals surface area contributed by atoms with Crippen molar-refractivity contribution in [2.75, 3.05) is 0 Å². The number of esters is 1. The van der Waals surface area contributed by atoms with Crippen molar-refractivity contribution in [3.05, 3.63) is 68.7 Å². The van der Waals surface area contributed by atoms with Gasteiger partial charge >= 0.3 is 5.97 Å². The largest absolute Gasteiger partial charge is 0.452 e. The van der Waals surface area contributed by atoms with E-state index >= 15 is 0 Å². The summed E-state index contributed by atoms with van der Waals surface area (Å²) in [6.07, 6.45) is 0.537. The normalized spacial score (nSPS) is 12.8. The highest BCUT2D eigenvalue weighted by atomic mass is 16.5. The Balaban J connectivity index is 1.89. The van der Waals surface area contributed by atoms with Gasteiger partial charge < -0.3 is 10.1 Å². The fourth-order valence-corrected chi connectivity index (χ4v) is 2.73. The molecule has 2 atom stereocenters. The molecule has 2 rings (SSSR count). The minimum absolute atomic E-state index is 0.0371. The van der Waals surface area contributed by atoms with Gasteiger partial charge in [-0.05, 0) is 18.9 Å². The summed E-state index contributed by atoms with van der Waals surface area (Å²) in [5.74, 6) is -1.02. The van der Waals surface area contributed by atoms with Crippen LogP contribution >= 0.6 is 0 Å². The van der Waals surface area contributed by atoms with Crippen LogP contribution in [0.3, 0.4) is 0 Å². The van der Waals surface area contributed by atoms with Crippen LogP contribution < -0.4 is 16.4 Å². The van der Waals surface area contributed by atoms with Crippen LogP contribution in [0.5, 0.6) is 0 Å². The number of nitrogens with one attached hydrogen (secondary N) is 2. The van der Waals surface area contributed by atoms with Crippen molar-refractivity contribution in [2.45, 2.75) is 51.8 Å². The molecule has 2 aromatic rings. The summed E-state index contributed by atoms with van der Waals surface area (Å²) in [5.41, 5.74) is 0.121. The molecule has 150 valence electrons. The summed E-state index contributed by atoms with van der Waals surface area (Å²) in [6.45, 7) is 3.49. The molecular weight excluding hydrogens is 362 g/mol. The molecule has 2 N–H and O–H groups in total. The molecule has 0 radical (unpaired) electrons. The highest BCUT2D eigenvalue weighted by Crippen LogP contribution is 2.18. The SMILES string of the molecule is CCC[C@@H](NC(=O)[C@@H](C)OC(=O)CCn1[nH]c(=O)ccc1=O)c1ccccc1. The Morgan fingerprint density at radius 2 is 1.86 bits per heavy atom. The molecule has 0 unspecified atom stereocenters. The van der Waals surface area contributed by atoms with E-state index in [9.17, 15) is 19.2 Å². The van der Waals surface area contributed by atoms with Crippen molar-refractivity contribution in [3.8, 4) is 0 Å². The molecule has 1 amide bonds. The van der Waals surface area contributed by atoms with Crippen LogP contribution in [0.4, 0.5) is 0 Å². The fraction of sp³-hybridized carbons (Fsp3) is 0.400. The van der Waals surface area contributed by atoms with E-state index in [4.69, 9.17) is 4.74 Å². The lowest BCUT2D eigenvalue weighted by molar-refractivity contribution is -0.155. The van der Waals surface area contributed by atoms with Gasteiger partial charge in [0.25, 0.3) is 17.0 Å². The maximum absolute atomic E-state index is 12.4. The van der Waals surface area contributed by atoms with Crippen molar-refractivity contribution in [3.63, 3.8) is 0 Å². The molecule has 0 saturated heterocycles. The molecule has 0 aliphatic carbocycles. The number of benzene rings is 1. The zero-order valence-electron chi connectivity index (χ0n) is 16.0. The quantitative estimate of drug-likeness (QED) is 0.634. The zero-order valence-corrected chi connectivity index (χ0v) is 16.0. The number of aromatic amines is 1. The molecule has 0 spiro atoms. The maximum Gasteiger partial charge on any atom is 0.308 e. The van der Waals surface area contributed by atoms with Gasteiger partial charge in [-0.15, -0.1) is 0 Å². The first kappa shape index (κ1) is 21.1. The Morgan fingerprint density at radius 1 is 1.14 bits per heavy atom. The Kier molecular flexibility index (Phi) is 7.74. The topological polar surface area (TPSA) is 110 Å². The second kappa shape index (κ2) is 10.2. The average molecular weight is 387 g/mol. The third-order valence-corrected chi connectivity index (χ3v) is 4.20. The van der Waals surface area contributed by atoms with E-state index in [2.05, 4.69) is 10.4 Å². The summed E-state index contributed by atoms with van der Waals surface area (Å²) in [5, 5.41) is 5.24. The first-order valence-electron chi connectivity index (χ1n) is 9.25. The molecular formula is C20H25N3O5. The van der Waals surface area contributed by atoms with Gasteiger partial charge in [0.15, 0.2) is 6.10 Å². The highest BCUT2D eigenvalue weighted by Gasteiger charge is 2.21. The smallest absolute Gasteiger partial charge is 0.308 e. The lowest BCUT2D eigenvalue weighted by atomic mass is 10.0. The number of rotatable bonds is 9. The molecule has 1 aromatic carbocycles. The molecule has 1 aromatic heterocycles. The fourth-order valence-electron chi connectivity index (χ4n) is 2.73. The lowest BCUT2D eigenvalue weighted by Gasteiger charge is -2.21. The van der Waals surface area contributed by atoms with E-state index in [1.54, 1.807) is 0 Å². The Hall–Kier alpha value is -3.16. The predicted octanol–water partition coefficient (Wildman–Crippen LogP) is 1.52. The molecule has 0 fully saturated rings. The van der Waals surface area contributed by atoms with Gasteiger partial charge in [0.05, 0.1) is 19.0 Å². The van der Waals surface area contributed by atoms with Crippen molar-refractivity contribution >= 4 is 11.9 Å². The van der Waals surface area contributed by atoms with Crippen LogP contribution in [-0.2, 0) is 20.9 Å². The van der Waals surface area contributed by atoms with Crippen molar-refractivity contribution in [1.29, 1.82) is 0 Å². The summed E-state index contributed by atoms with van der Waals surface area (Å²) < 4.78 is 6.19. The van der Waals surface area contributed by atoms with Gasteiger partial charge in [-0.3, -0.25) is 24.3 Å².